The number of carbonyl (C=O) groups is 1. The third-order valence-electron chi connectivity index (χ3n) is 6.92. The number of hydrogen-bond acceptors (Lipinski definition) is 6. The molecule has 0 N–H and O–H groups in total. The Kier molecular flexibility index (Phi) is 6.19. The van der Waals surface area contributed by atoms with Crippen molar-refractivity contribution in [2.75, 3.05) is 19.1 Å². The summed E-state index contributed by atoms with van der Waals surface area (Å²) in [5, 5.41) is 5.48. The Morgan fingerprint density at radius 2 is 2.00 bits per heavy atom. The summed E-state index contributed by atoms with van der Waals surface area (Å²) in [6, 6.07) is 10.5. The normalized spacial score (nSPS) is 13.9. The fraction of sp³-hybridized carbons (Fsp3) is 0.333. The van der Waals surface area contributed by atoms with Crippen molar-refractivity contribution in [1.29, 1.82) is 0 Å². The minimum atomic E-state index is -0.503. The van der Waals surface area contributed by atoms with Gasteiger partial charge in [0.05, 0.1) is 30.1 Å². The molecule has 0 atom stereocenters. The predicted molar refractivity (Wildman–Crippen MR) is 133 cm³/mol. The Labute approximate surface area is 203 Å². The fourth-order valence-corrected chi connectivity index (χ4v) is 5.08. The monoisotopic (exact) mass is 473 g/mol. The number of aromatic nitrogens is 4. The quantitative estimate of drug-likeness (QED) is 0.353. The second kappa shape index (κ2) is 9.44. The molecule has 1 aliphatic carbocycles. The Bertz CT molecular complexity index is 1390. The van der Waals surface area contributed by atoms with E-state index in [1.54, 1.807) is 18.2 Å². The first-order valence-electron chi connectivity index (χ1n) is 11.8. The molecule has 4 aromatic rings. The van der Waals surface area contributed by atoms with Crippen LogP contribution in [0.2, 0.25) is 0 Å². The van der Waals surface area contributed by atoms with Crippen LogP contribution in [0.25, 0.3) is 22.3 Å². The van der Waals surface area contributed by atoms with Crippen molar-refractivity contribution in [3.05, 3.63) is 65.9 Å². The largest absolute Gasteiger partial charge is 0.496 e. The first-order chi connectivity index (χ1) is 17.0. The van der Waals surface area contributed by atoms with E-state index in [-0.39, 0.29) is 29.3 Å². The summed E-state index contributed by atoms with van der Waals surface area (Å²) < 4.78 is 21.7. The van der Waals surface area contributed by atoms with Crippen molar-refractivity contribution in [3.63, 3.8) is 0 Å². The van der Waals surface area contributed by atoms with E-state index in [1.165, 1.54) is 32.2 Å². The predicted octanol–water partition coefficient (Wildman–Crippen LogP) is 4.98. The third-order valence-corrected chi connectivity index (χ3v) is 6.92. The minimum Gasteiger partial charge on any atom is -0.496 e. The van der Waals surface area contributed by atoms with Crippen LogP contribution < -0.4 is 9.64 Å². The van der Waals surface area contributed by atoms with E-state index in [2.05, 4.69) is 27.0 Å². The fourth-order valence-electron chi connectivity index (χ4n) is 5.08. The summed E-state index contributed by atoms with van der Waals surface area (Å²) in [5.41, 5.74) is 3.37. The lowest BCUT2D eigenvalue weighted by atomic mass is 10.00. The van der Waals surface area contributed by atoms with Gasteiger partial charge in [-0.2, -0.15) is 5.10 Å². The minimum absolute atomic E-state index is 0.122. The van der Waals surface area contributed by atoms with Crippen LogP contribution in [-0.2, 0) is 13.5 Å². The third kappa shape index (κ3) is 4.24. The molecule has 2 aromatic carbocycles. The van der Waals surface area contributed by atoms with Crippen molar-refractivity contribution in [2.24, 2.45) is 7.05 Å². The molecule has 1 saturated carbocycles. The van der Waals surface area contributed by atoms with Gasteiger partial charge in [-0.05, 0) is 42.7 Å². The number of ketones is 1. The highest BCUT2D eigenvalue weighted by molar-refractivity contribution is 6.00. The van der Waals surface area contributed by atoms with E-state index < -0.39 is 5.82 Å². The van der Waals surface area contributed by atoms with Crippen LogP contribution in [-0.4, -0.2) is 45.7 Å². The average molecular weight is 474 g/mol. The van der Waals surface area contributed by atoms with E-state index in [4.69, 9.17) is 4.74 Å². The number of ether oxygens (including phenoxy) is 1. The molecule has 5 rings (SSSR count). The van der Waals surface area contributed by atoms with Gasteiger partial charge in [0.15, 0.2) is 11.6 Å². The molecule has 1 fully saturated rings. The molecule has 0 aliphatic heterocycles. The Morgan fingerprint density at radius 3 is 2.77 bits per heavy atom. The van der Waals surface area contributed by atoms with Crippen LogP contribution in [0.5, 0.6) is 5.75 Å². The Hall–Kier alpha value is -3.81. The highest BCUT2D eigenvalue weighted by Crippen LogP contribution is 2.36. The van der Waals surface area contributed by atoms with Crippen molar-refractivity contribution in [3.8, 4) is 17.1 Å². The summed E-state index contributed by atoms with van der Waals surface area (Å²) >= 11 is 0. The number of benzene rings is 2. The van der Waals surface area contributed by atoms with Crippen molar-refractivity contribution in [1.82, 2.24) is 19.7 Å². The topological polar surface area (TPSA) is 73.1 Å². The number of halogens is 1. The summed E-state index contributed by atoms with van der Waals surface area (Å²) in [6.07, 6.45) is 8.24. The van der Waals surface area contributed by atoms with Gasteiger partial charge < -0.3 is 9.64 Å². The number of aryl methyl sites for hydroxylation is 1. The summed E-state index contributed by atoms with van der Waals surface area (Å²) in [7, 11) is 5.50. The summed E-state index contributed by atoms with van der Waals surface area (Å²) in [4.78, 5) is 24.4. The van der Waals surface area contributed by atoms with E-state index in [0.717, 1.165) is 35.0 Å². The first kappa shape index (κ1) is 23.0. The lowest BCUT2D eigenvalue weighted by Gasteiger charge is -2.29. The Morgan fingerprint density at radius 1 is 1.20 bits per heavy atom. The maximum atomic E-state index is 14.6. The molecule has 0 unspecified atom stereocenters. The number of fused-ring (bicyclic) bond motifs is 1. The molecular formula is C27H28FN5O2. The molecular weight excluding hydrogens is 445 g/mol. The second-order valence-corrected chi connectivity index (χ2v) is 9.01. The van der Waals surface area contributed by atoms with Crippen molar-refractivity contribution in [2.45, 2.75) is 38.1 Å². The molecule has 180 valence electrons. The highest BCUT2D eigenvalue weighted by atomic mass is 19.1. The van der Waals surface area contributed by atoms with E-state index in [0.29, 0.717) is 11.8 Å². The molecule has 0 spiro atoms. The number of nitrogens with zero attached hydrogens (tertiary/aromatic N) is 5. The molecule has 35 heavy (non-hydrogen) atoms. The van der Waals surface area contributed by atoms with Crippen LogP contribution in [0.3, 0.4) is 0 Å². The molecule has 0 radical (unpaired) electrons. The van der Waals surface area contributed by atoms with Crippen LogP contribution in [0, 0.1) is 5.82 Å². The summed E-state index contributed by atoms with van der Waals surface area (Å²) in [6.45, 7) is 0. The first-order valence-corrected chi connectivity index (χ1v) is 11.8. The molecule has 2 heterocycles. The number of Topliss-reactive ketones (excluding diaryl/α,β-unsaturated/α-hetero) is 1. The Balaban J connectivity index is 1.51. The van der Waals surface area contributed by atoms with Gasteiger partial charge in [-0.3, -0.25) is 9.48 Å². The van der Waals surface area contributed by atoms with Crippen molar-refractivity contribution >= 4 is 22.4 Å². The van der Waals surface area contributed by atoms with Gasteiger partial charge in [0.2, 0.25) is 0 Å². The number of methoxy groups -OCH3 is 1. The number of carbonyl (C=O) groups excluding carboxylic acids is 1. The average Bonchev–Trinajstić information content (AvgIpc) is 3.54. The van der Waals surface area contributed by atoms with Crippen LogP contribution in [0.1, 0.15) is 41.7 Å². The zero-order valence-corrected chi connectivity index (χ0v) is 20.2. The molecule has 0 amide bonds. The van der Waals surface area contributed by atoms with Gasteiger partial charge in [0.25, 0.3) is 0 Å². The number of rotatable bonds is 7. The molecule has 0 saturated heterocycles. The standard InChI is InChI=1S/C27H28FN5O2/c1-32(18-7-4-5-8-18)26-17(11-12-22-19(26)16-30-33(22)2)15-23(34)21-13-14-29-27(31-21)25-20(28)9-6-10-24(25)35-3/h6,9-14,16,18H,4-5,7-8,15H2,1-3H3. The maximum absolute atomic E-state index is 14.6. The smallest absolute Gasteiger partial charge is 0.185 e. The molecule has 7 nitrogen and oxygen atoms in total. The highest BCUT2D eigenvalue weighted by Gasteiger charge is 2.25. The number of anilines is 1. The van der Waals surface area contributed by atoms with Gasteiger partial charge in [-0.25, -0.2) is 14.4 Å². The molecule has 8 heteroatoms. The SMILES string of the molecule is COc1cccc(F)c1-c1nccc(C(=O)Cc2ccc3c(cnn3C)c2N(C)C2CCCC2)n1. The van der Waals surface area contributed by atoms with Crippen LogP contribution in [0.4, 0.5) is 10.1 Å². The lowest BCUT2D eigenvalue weighted by molar-refractivity contribution is 0.0988. The van der Waals surface area contributed by atoms with Gasteiger partial charge in [-0.1, -0.05) is 25.0 Å². The molecule has 0 bridgehead atoms. The molecule has 1 aliphatic rings. The van der Waals surface area contributed by atoms with Gasteiger partial charge in [0.1, 0.15) is 17.3 Å². The lowest BCUT2D eigenvalue weighted by Crippen LogP contribution is -2.30. The van der Waals surface area contributed by atoms with Crippen LogP contribution >= 0.6 is 0 Å². The zero-order valence-electron chi connectivity index (χ0n) is 20.2. The maximum Gasteiger partial charge on any atom is 0.185 e. The van der Waals surface area contributed by atoms with E-state index >= 15 is 0 Å². The molecule has 2 aromatic heterocycles. The van der Waals surface area contributed by atoms with Gasteiger partial charge in [0, 0.05) is 38.1 Å². The van der Waals surface area contributed by atoms with Crippen LogP contribution in [0.15, 0.2) is 48.8 Å². The number of hydrogen-bond donors (Lipinski definition) is 0. The van der Waals surface area contributed by atoms with Crippen molar-refractivity contribution < 1.29 is 13.9 Å². The van der Waals surface area contributed by atoms with E-state index in [1.807, 2.05) is 30.1 Å². The zero-order chi connectivity index (χ0) is 24.5. The summed E-state index contributed by atoms with van der Waals surface area (Å²) in [5.74, 6) is -0.223. The van der Waals surface area contributed by atoms with Gasteiger partial charge in [-0.15, -0.1) is 0 Å². The second-order valence-electron chi connectivity index (χ2n) is 9.01. The van der Waals surface area contributed by atoms with Gasteiger partial charge >= 0.3 is 0 Å². The van der Waals surface area contributed by atoms with E-state index in [9.17, 15) is 9.18 Å².